The van der Waals surface area contributed by atoms with Crippen molar-refractivity contribution < 1.29 is 67.3 Å². The lowest BCUT2D eigenvalue weighted by Crippen LogP contribution is -2.56. The number of ether oxygens (including phenoxy) is 3. The number of rotatable bonds is 37. The summed E-state index contributed by atoms with van der Waals surface area (Å²) >= 11 is 0. The number of likely N-dealkylation sites (N-methyl/N-ethyl adjacent to an activating group) is 2. The van der Waals surface area contributed by atoms with E-state index in [0.29, 0.717) is 62.9 Å². The smallest absolute Gasteiger partial charge is 0.410 e. The molecule has 0 aliphatic carbocycles. The van der Waals surface area contributed by atoms with Crippen LogP contribution in [-0.2, 0) is 65.6 Å². The molecule has 1 fully saturated rings. The molecular formula is C61H98N12O14. The summed E-state index contributed by atoms with van der Waals surface area (Å²) in [6, 6.07) is 8.21. The molecule has 1 aliphatic heterocycles. The van der Waals surface area contributed by atoms with Gasteiger partial charge in [0.15, 0.2) is 0 Å². The number of nitrogens with zero attached hydrogens (tertiary/aromatic N) is 3. The van der Waals surface area contributed by atoms with Crippen LogP contribution in [0.3, 0.4) is 0 Å². The summed E-state index contributed by atoms with van der Waals surface area (Å²) in [7, 11) is 5.90. The molecule has 87 heavy (non-hydrogen) atoms. The maximum Gasteiger partial charge on any atom is 0.410 e. The average Bonchev–Trinajstić information content (AvgIpc) is 2.43. The largest absolute Gasteiger partial charge is 0.480 e. The molecule has 3 rings (SSSR count). The van der Waals surface area contributed by atoms with E-state index in [9.17, 15) is 53.1 Å². The second-order valence-corrected chi connectivity index (χ2v) is 23.1. The summed E-state index contributed by atoms with van der Waals surface area (Å²) in [5.74, 6) is -6.59. The molecular weight excluding hydrogens is 1120 g/mol. The van der Waals surface area contributed by atoms with Crippen LogP contribution in [-0.4, -0.2) is 188 Å². The standard InChI is InChI=1S/C61H98N12O14/c1-12-38(6)52(47(85-10)33-48(74)73-31-19-24-46(73)53(86-11)39(7)54(76)69-45(59(81)82)32-40-20-14-13-15-21-40)71(8)49(75)34-66-58(80)51(37(4)5)72(9)61(84)87-35-41-25-27-42(28-26-41)67-56(78)44(23-18-30-65-60(64)83)68-57(79)50(36(2)3)70-55(77)43(63)22-16-17-29-62/h13-15,20-21,25-28,36-39,43-47,50-53H,12,16-19,22-24,29-35,62-63H2,1-11H3,(H,66,80)(H,67,78)(H,68,79)(H,69,76)(H,70,77)(H,81,82)(H3,64,65,83). The maximum atomic E-state index is 14.3. The van der Waals surface area contributed by atoms with Crippen LogP contribution in [0.2, 0.25) is 0 Å². The quantitative estimate of drug-likeness (QED) is 0.0435. The molecule has 11 atom stereocenters. The van der Waals surface area contributed by atoms with Gasteiger partial charge in [0, 0.05) is 53.5 Å². The van der Waals surface area contributed by atoms with Gasteiger partial charge < -0.3 is 78.2 Å². The minimum Gasteiger partial charge on any atom is -0.480 e. The van der Waals surface area contributed by atoms with Crippen LogP contribution < -0.4 is 49.1 Å². The Morgan fingerprint density at radius 2 is 1.39 bits per heavy atom. The van der Waals surface area contributed by atoms with Crippen molar-refractivity contribution in [3.8, 4) is 0 Å². The molecule has 0 bridgehead atoms. The Labute approximate surface area is 512 Å². The molecule has 13 N–H and O–H groups in total. The van der Waals surface area contributed by atoms with Gasteiger partial charge >= 0.3 is 18.1 Å². The first-order chi connectivity index (χ1) is 41.2. The molecule has 0 saturated carbocycles. The lowest BCUT2D eigenvalue weighted by molar-refractivity contribution is -0.147. The zero-order chi connectivity index (χ0) is 65.1. The molecule has 486 valence electrons. The summed E-state index contributed by atoms with van der Waals surface area (Å²) in [6.07, 6.45) is 1.42. The van der Waals surface area contributed by atoms with Gasteiger partial charge in [0.05, 0.1) is 49.2 Å². The first-order valence-corrected chi connectivity index (χ1v) is 30.1. The van der Waals surface area contributed by atoms with Crippen molar-refractivity contribution in [2.24, 2.45) is 40.9 Å². The van der Waals surface area contributed by atoms with Crippen LogP contribution in [0.4, 0.5) is 15.3 Å². The van der Waals surface area contributed by atoms with Crippen molar-refractivity contribution in [3.05, 3.63) is 65.7 Å². The second-order valence-electron chi connectivity index (χ2n) is 23.1. The highest BCUT2D eigenvalue weighted by molar-refractivity contribution is 5.99. The Morgan fingerprint density at radius 1 is 0.736 bits per heavy atom. The van der Waals surface area contributed by atoms with Gasteiger partial charge in [-0.3, -0.25) is 38.5 Å². The molecule has 1 heterocycles. The van der Waals surface area contributed by atoms with Gasteiger partial charge in [0.2, 0.25) is 41.4 Å². The van der Waals surface area contributed by atoms with Crippen molar-refractivity contribution in [2.75, 3.05) is 59.8 Å². The summed E-state index contributed by atoms with van der Waals surface area (Å²) in [6.45, 7) is 12.8. The highest BCUT2D eigenvalue weighted by Gasteiger charge is 2.43. The molecule has 1 aliphatic rings. The molecule has 2 aromatic carbocycles. The fourth-order valence-electron chi connectivity index (χ4n) is 10.8. The number of nitrogens with one attached hydrogen (secondary N) is 6. The number of carboxylic acid groups (broad SMARTS) is 1. The molecule has 10 amide bonds. The lowest BCUT2D eigenvalue weighted by atomic mass is 9.90. The Morgan fingerprint density at radius 3 is 1.97 bits per heavy atom. The molecule has 26 nitrogen and oxygen atoms in total. The van der Waals surface area contributed by atoms with E-state index in [0.717, 1.165) is 10.5 Å². The zero-order valence-electron chi connectivity index (χ0n) is 52.6. The predicted octanol–water partition coefficient (Wildman–Crippen LogP) is 2.60. The van der Waals surface area contributed by atoms with E-state index in [2.05, 4.69) is 31.9 Å². The van der Waals surface area contributed by atoms with E-state index in [1.165, 1.54) is 26.2 Å². The van der Waals surface area contributed by atoms with Crippen LogP contribution >= 0.6 is 0 Å². The number of hydrogen-bond acceptors (Lipinski definition) is 15. The first kappa shape index (κ1) is 73.8. The van der Waals surface area contributed by atoms with E-state index in [1.807, 2.05) is 19.9 Å². The highest BCUT2D eigenvalue weighted by Crippen LogP contribution is 2.30. The van der Waals surface area contributed by atoms with Gasteiger partial charge in [0.1, 0.15) is 30.8 Å². The number of carboxylic acids is 1. The number of benzene rings is 2. The first-order valence-electron chi connectivity index (χ1n) is 30.1. The molecule has 0 spiro atoms. The van der Waals surface area contributed by atoms with E-state index in [1.54, 1.807) is 95.1 Å². The van der Waals surface area contributed by atoms with Gasteiger partial charge in [-0.2, -0.15) is 0 Å². The topological polar surface area (TPSA) is 379 Å². The Hall–Kier alpha value is -7.42. The van der Waals surface area contributed by atoms with Crippen LogP contribution in [0.25, 0.3) is 0 Å². The number of unbranched alkanes of at least 4 members (excludes halogenated alkanes) is 1. The van der Waals surface area contributed by atoms with Gasteiger partial charge in [-0.25, -0.2) is 14.4 Å². The van der Waals surface area contributed by atoms with Gasteiger partial charge in [0.25, 0.3) is 0 Å². The number of aliphatic carboxylic acids is 1. The van der Waals surface area contributed by atoms with Crippen molar-refractivity contribution in [2.45, 2.75) is 174 Å². The normalized spacial score (nSPS) is 16.5. The summed E-state index contributed by atoms with van der Waals surface area (Å²) in [5, 5.41) is 26.0. The fraction of sp³-hybridized carbons (Fsp3) is 0.639. The third-order valence-corrected chi connectivity index (χ3v) is 16.0. The number of nitrogens with two attached hydrogens (primary N) is 3. The number of primary amides is 1. The predicted molar refractivity (Wildman–Crippen MR) is 327 cm³/mol. The number of likely N-dealkylation sites (tertiary alicyclic amines) is 1. The SMILES string of the molecule is CCC(C)C(C(CC(=O)N1CCCC1C(OC)C(C)C(=O)NC(Cc1ccccc1)C(=O)O)OC)N(C)C(=O)CNC(=O)C(C(C)C)N(C)C(=O)OCc1ccc(NC(=O)C(CCCNC(N)=O)NC(=O)C(NC(=O)C(N)CCCCN)C(C)C)cc1. The Kier molecular flexibility index (Phi) is 31.7. The van der Waals surface area contributed by atoms with Crippen LogP contribution in [0, 0.1) is 23.7 Å². The van der Waals surface area contributed by atoms with E-state index >= 15 is 0 Å². The maximum absolute atomic E-state index is 14.3. The molecule has 0 radical (unpaired) electrons. The molecule has 2 aromatic rings. The summed E-state index contributed by atoms with van der Waals surface area (Å²) < 4.78 is 17.5. The van der Waals surface area contributed by atoms with Gasteiger partial charge in [-0.1, -0.05) is 104 Å². The van der Waals surface area contributed by atoms with Crippen LogP contribution in [0.15, 0.2) is 54.6 Å². The number of anilines is 1. The van der Waals surface area contributed by atoms with Crippen molar-refractivity contribution >= 4 is 65.1 Å². The Bertz CT molecular complexity index is 2560. The molecule has 0 aromatic heterocycles. The minimum atomic E-state index is -1.18. The van der Waals surface area contributed by atoms with Crippen LogP contribution in [0.5, 0.6) is 0 Å². The van der Waals surface area contributed by atoms with Gasteiger partial charge in [-0.15, -0.1) is 0 Å². The number of amides is 10. The number of methoxy groups -OCH3 is 2. The third kappa shape index (κ3) is 23.3. The van der Waals surface area contributed by atoms with E-state index in [4.69, 9.17) is 31.4 Å². The summed E-state index contributed by atoms with van der Waals surface area (Å²) in [5.41, 5.74) is 18.5. The lowest BCUT2D eigenvalue weighted by Gasteiger charge is -2.39. The molecule has 1 saturated heterocycles. The Balaban J connectivity index is 1.64. The molecule has 26 heteroatoms. The monoisotopic (exact) mass is 1220 g/mol. The average molecular weight is 1220 g/mol. The third-order valence-electron chi connectivity index (χ3n) is 16.0. The number of carbonyl (C=O) groups is 10. The van der Waals surface area contributed by atoms with Crippen LogP contribution in [0.1, 0.15) is 117 Å². The highest BCUT2D eigenvalue weighted by atomic mass is 16.6. The zero-order valence-corrected chi connectivity index (χ0v) is 52.6. The molecule has 11 unspecified atom stereocenters. The number of hydrogen-bond donors (Lipinski definition) is 10. The minimum absolute atomic E-state index is 0.0812. The van der Waals surface area contributed by atoms with E-state index in [-0.39, 0.29) is 56.6 Å². The van der Waals surface area contributed by atoms with Gasteiger partial charge in [-0.05, 0) is 86.1 Å². The number of urea groups is 1. The van der Waals surface area contributed by atoms with Crippen molar-refractivity contribution in [1.29, 1.82) is 0 Å². The van der Waals surface area contributed by atoms with Crippen molar-refractivity contribution in [3.63, 3.8) is 0 Å². The van der Waals surface area contributed by atoms with E-state index < -0.39 is 126 Å². The summed E-state index contributed by atoms with van der Waals surface area (Å²) in [4.78, 5) is 137. The number of carbonyl (C=O) groups excluding carboxylic acids is 9. The van der Waals surface area contributed by atoms with Crippen molar-refractivity contribution in [1.82, 2.24) is 41.3 Å². The fourth-order valence-corrected chi connectivity index (χ4v) is 10.8. The second kappa shape index (κ2) is 37.3.